The minimum atomic E-state index is -0.723. The molecule has 0 aliphatic heterocycles. The molecule has 1 unspecified atom stereocenters. The Balaban J connectivity index is 1.95. The van der Waals surface area contributed by atoms with Crippen LogP contribution in [0.25, 0.3) is 10.9 Å². The van der Waals surface area contributed by atoms with Gasteiger partial charge in [0.2, 0.25) is 0 Å². The number of nitriles is 1. The first-order valence-electron chi connectivity index (χ1n) is 7.59. The van der Waals surface area contributed by atoms with Crippen LogP contribution in [0.15, 0.2) is 36.5 Å². The normalized spacial score (nSPS) is 27.2. The lowest BCUT2D eigenvalue weighted by Crippen LogP contribution is -2.32. The fraction of sp³-hybridized carbons (Fsp3) is 0.444. The smallest absolute Gasteiger partial charge is 0.0976 e. The molecule has 3 rings (SSSR count). The zero-order chi connectivity index (χ0) is 14.9. The average molecular weight is 280 g/mol. The Morgan fingerprint density at radius 2 is 2.10 bits per heavy atom. The quantitative estimate of drug-likeness (QED) is 0.905. The number of aliphatic hydroxyl groups excluding tert-OH is 1. The molecule has 108 valence electrons. The monoisotopic (exact) mass is 280 g/mol. The molecule has 0 spiro atoms. The Bertz CT molecular complexity index is 681. The molecule has 3 heteroatoms. The molecule has 21 heavy (non-hydrogen) atoms. The number of hydrogen-bond donors (Lipinski definition) is 1. The van der Waals surface area contributed by atoms with Crippen LogP contribution in [0, 0.1) is 22.7 Å². The second kappa shape index (κ2) is 5.46. The van der Waals surface area contributed by atoms with Crippen molar-refractivity contribution in [3.63, 3.8) is 0 Å². The molecule has 1 aromatic heterocycles. The summed E-state index contributed by atoms with van der Waals surface area (Å²) in [6.45, 7) is 2.22. The van der Waals surface area contributed by atoms with Crippen molar-refractivity contribution in [1.29, 1.82) is 5.26 Å². The van der Waals surface area contributed by atoms with Gasteiger partial charge in [0.15, 0.2) is 0 Å². The summed E-state index contributed by atoms with van der Waals surface area (Å²) in [5.74, 6) is 0.652. The van der Waals surface area contributed by atoms with Gasteiger partial charge in [-0.2, -0.15) is 5.26 Å². The van der Waals surface area contributed by atoms with E-state index in [1.165, 1.54) is 0 Å². The van der Waals surface area contributed by atoms with Gasteiger partial charge in [-0.05, 0) is 55.4 Å². The molecule has 1 saturated carbocycles. The van der Waals surface area contributed by atoms with E-state index in [-0.39, 0.29) is 0 Å². The third kappa shape index (κ3) is 2.52. The summed E-state index contributed by atoms with van der Waals surface area (Å²) < 4.78 is 0. The molecule has 1 aliphatic carbocycles. The molecule has 0 saturated heterocycles. The van der Waals surface area contributed by atoms with Gasteiger partial charge in [-0.3, -0.25) is 4.98 Å². The summed E-state index contributed by atoms with van der Waals surface area (Å²) in [6, 6.07) is 12.1. The lowest BCUT2D eigenvalue weighted by Gasteiger charge is -2.37. The van der Waals surface area contributed by atoms with Crippen molar-refractivity contribution in [1.82, 2.24) is 4.98 Å². The van der Waals surface area contributed by atoms with E-state index in [2.05, 4.69) is 18.0 Å². The SMILES string of the molecule is CC1CCC(C#N)(C(O)c2ccc3ncccc3c2)CC1. The summed E-state index contributed by atoms with van der Waals surface area (Å²) in [6.07, 6.45) is 4.62. The van der Waals surface area contributed by atoms with E-state index in [1.807, 2.05) is 30.3 Å². The number of fused-ring (bicyclic) bond motifs is 1. The first-order valence-corrected chi connectivity index (χ1v) is 7.59. The molecule has 0 amide bonds. The molecular formula is C18H20N2O. The molecular weight excluding hydrogens is 260 g/mol. The third-order valence-corrected chi connectivity index (χ3v) is 4.86. The minimum Gasteiger partial charge on any atom is -0.387 e. The maximum atomic E-state index is 10.8. The highest BCUT2D eigenvalue weighted by Gasteiger charge is 2.41. The van der Waals surface area contributed by atoms with E-state index in [4.69, 9.17) is 0 Å². The van der Waals surface area contributed by atoms with Crippen molar-refractivity contribution in [3.8, 4) is 6.07 Å². The standard InChI is InChI=1S/C18H20N2O/c1-13-6-8-18(12-19,9-7-13)17(21)15-4-5-16-14(11-15)3-2-10-20-16/h2-5,10-11,13,17,21H,6-9H2,1H3. The van der Waals surface area contributed by atoms with Crippen molar-refractivity contribution in [2.45, 2.75) is 38.7 Å². The highest BCUT2D eigenvalue weighted by Crippen LogP contribution is 2.47. The number of nitrogens with zero attached hydrogens (tertiary/aromatic N) is 2. The lowest BCUT2D eigenvalue weighted by molar-refractivity contribution is 0.0267. The number of benzene rings is 1. The summed E-state index contributed by atoms with van der Waals surface area (Å²) in [4.78, 5) is 4.29. The van der Waals surface area contributed by atoms with Gasteiger partial charge < -0.3 is 5.11 Å². The molecule has 1 heterocycles. The van der Waals surface area contributed by atoms with Crippen molar-refractivity contribution in [3.05, 3.63) is 42.1 Å². The van der Waals surface area contributed by atoms with Crippen LogP contribution in [0.5, 0.6) is 0 Å². The van der Waals surface area contributed by atoms with E-state index in [1.54, 1.807) is 6.20 Å². The first kappa shape index (κ1) is 14.0. The van der Waals surface area contributed by atoms with E-state index < -0.39 is 11.5 Å². The fourth-order valence-corrected chi connectivity index (χ4v) is 3.31. The summed E-state index contributed by atoms with van der Waals surface area (Å²) in [5, 5.41) is 21.5. The topological polar surface area (TPSA) is 56.9 Å². The highest BCUT2D eigenvalue weighted by molar-refractivity contribution is 5.79. The molecule has 0 radical (unpaired) electrons. The maximum Gasteiger partial charge on any atom is 0.0976 e. The van der Waals surface area contributed by atoms with Gasteiger partial charge in [0, 0.05) is 11.6 Å². The Hall–Kier alpha value is -1.92. The predicted octanol–water partition coefficient (Wildman–Crippen LogP) is 3.99. The van der Waals surface area contributed by atoms with E-state index in [9.17, 15) is 10.4 Å². The molecule has 1 aromatic carbocycles. The van der Waals surface area contributed by atoms with Crippen LogP contribution >= 0.6 is 0 Å². The number of pyridine rings is 1. The first-order chi connectivity index (χ1) is 10.1. The number of aromatic nitrogens is 1. The van der Waals surface area contributed by atoms with Gasteiger partial charge in [0.25, 0.3) is 0 Å². The van der Waals surface area contributed by atoms with Gasteiger partial charge in [-0.15, -0.1) is 0 Å². The van der Waals surface area contributed by atoms with Gasteiger partial charge in [-0.25, -0.2) is 0 Å². The second-order valence-corrected chi connectivity index (χ2v) is 6.31. The number of rotatable bonds is 2. The Morgan fingerprint density at radius 3 is 2.81 bits per heavy atom. The van der Waals surface area contributed by atoms with E-state index >= 15 is 0 Å². The molecule has 0 bridgehead atoms. The highest BCUT2D eigenvalue weighted by atomic mass is 16.3. The number of hydrogen-bond acceptors (Lipinski definition) is 3. The van der Waals surface area contributed by atoms with Crippen LogP contribution in [-0.4, -0.2) is 10.1 Å². The Labute approximate surface area is 125 Å². The largest absolute Gasteiger partial charge is 0.387 e. The van der Waals surface area contributed by atoms with Crippen molar-refractivity contribution >= 4 is 10.9 Å². The Morgan fingerprint density at radius 1 is 1.33 bits per heavy atom. The Kier molecular flexibility index (Phi) is 3.65. The van der Waals surface area contributed by atoms with Crippen LogP contribution in [0.1, 0.15) is 44.3 Å². The van der Waals surface area contributed by atoms with Crippen LogP contribution in [0.4, 0.5) is 0 Å². The minimum absolute atomic E-state index is 0.637. The van der Waals surface area contributed by atoms with Crippen LogP contribution < -0.4 is 0 Å². The summed E-state index contributed by atoms with van der Waals surface area (Å²) in [7, 11) is 0. The van der Waals surface area contributed by atoms with E-state index in [0.717, 1.165) is 42.1 Å². The zero-order valence-corrected chi connectivity index (χ0v) is 12.3. The predicted molar refractivity (Wildman–Crippen MR) is 82.4 cm³/mol. The van der Waals surface area contributed by atoms with Crippen molar-refractivity contribution in [2.24, 2.45) is 11.3 Å². The van der Waals surface area contributed by atoms with E-state index in [0.29, 0.717) is 5.92 Å². The number of aliphatic hydroxyl groups is 1. The van der Waals surface area contributed by atoms with Gasteiger partial charge >= 0.3 is 0 Å². The second-order valence-electron chi connectivity index (χ2n) is 6.31. The van der Waals surface area contributed by atoms with Gasteiger partial charge in [0.1, 0.15) is 0 Å². The van der Waals surface area contributed by atoms with Crippen LogP contribution in [0.2, 0.25) is 0 Å². The van der Waals surface area contributed by atoms with Crippen molar-refractivity contribution in [2.75, 3.05) is 0 Å². The summed E-state index contributed by atoms with van der Waals surface area (Å²) in [5.41, 5.74) is 1.10. The van der Waals surface area contributed by atoms with Gasteiger partial charge in [-0.1, -0.05) is 19.1 Å². The lowest BCUT2D eigenvalue weighted by atomic mass is 9.67. The van der Waals surface area contributed by atoms with Gasteiger partial charge in [0.05, 0.1) is 23.1 Å². The maximum absolute atomic E-state index is 10.8. The fourth-order valence-electron chi connectivity index (χ4n) is 3.31. The average Bonchev–Trinajstić information content (AvgIpc) is 2.55. The molecule has 2 aromatic rings. The van der Waals surface area contributed by atoms with Crippen molar-refractivity contribution < 1.29 is 5.11 Å². The van der Waals surface area contributed by atoms with Crippen LogP contribution in [0.3, 0.4) is 0 Å². The molecule has 1 atom stereocenters. The summed E-state index contributed by atoms with van der Waals surface area (Å²) >= 11 is 0. The molecule has 1 fully saturated rings. The zero-order valence-electron chi connectivity index (χ0n) is 12.3. The third-order valence-electron chi connectivity index (χ3n) is 4.86. The molecule has 3 nitrogen and oxygen atoms in total. The van der Waals surface area contributed by atoms with Crippen LogP contribution in [-0.2, 0) is 0 Å². The molecule has 1 aliphatic rings. The molecule has 1 N–H and O–H groups in total.